The van der Waals surface area contributed by atoms with Gasteiger partial charge in [-0.05, 0) is 72.1 Å². The summed E-state index contributed by atoms with van der Waals surface area (Å²) in [5, 5.41) is 34.7. The van der Waals surface area contributed by atoms with Crippen LogP contribution in [0, 0.1) is 29.6 Å². The number of aliphatic hydroxyl groups excluding tert-OH is 2. The van der Waals surface area contributed by atoms with Crippen molar-refractivity contribution in [3.05, 3.63) is 70.8 Å². The summed E-state index contributed by atoms with van der Waals surface area (Å²) in [6.45, 7) is 8.44. The zero-order valence-corrected chi connectivity index (χ0v) is 35.4. The predicted octanol–water partition coefficient (Wildman–Crippen LogP) is 9.82. The van der Waals surface area contributed by atoms with Gasteiger partial charge in [0.25, 0.3) is 0 Å². The van der Waals surface area contributed by atoms with E-state index in [9.17, 15) is 24.6 Å². The van der Waals surface area contributed by atoms with Crippen LogP contribution in [0.1, 0.15) is 166 Å². The second-order valence-corrected chi connectivity index (χ2v) is 17.7. The number of carbonyl (C=O) groups is 3. The molecule has 0 unspecified atom stereocenters. The van der Waals surface area contributed by atoms with E-state index in [1.54, 1.807) is 0 Å². The Morgan fingerprint density at radius 3 is 1.55 bits per heavy atom. The Kier molecular flexibility index (Phi) is 19.6. The van der Waals surface area contributed by atoms with Crippen molar-refractivity contribution in [3.63, 3.8) is 0 Å². The number of aliphatic hydroxyl groups is 2. The van der Waals surface area contributed by atoms with E-state index in [1.807, 2.05) is 19.1 Å². The van der Waals surface area contributed by atoms with Crippen molar-refractivity contribution >= 4 is 17.9 Å². The van der Waals surface area contributed by atoms with Crippen molar-refractivity contribution in [1.82, 2.24) is 0 Å². The first kappa shape index (κ1) is 47.3. The van der Waals surface area contributed by atoms with Gasteiger partial charge in [-0.3, -0.25) is 14.4 Å². The Morgan fingerprint density at radius 1 is 0.690 bits per heavy atom. The second-order valence-electron chi connectivity index (χ2n) is 17.7. The number of hydrogen-bond acceptors (Lipinski definition) is 8. The van der Waals surface area contributed by atoms with Gasteiger partial charge in [0.15, 0.2) is 0 Å². The summed E-state index contributed by atoms with van der Waals surface area (Å²) in [6.07, 6.45) is 16.0. The van der Waals surface area contributed by atoms with E-state index >= 15 is 0 Å². The molecule has 0 spiro atoms. The van der Waals surface area contributed by atoms with Crippen LogP contribution < -0.4 is 0 Å². The first-order chi connectivity index (χ1) is 28.0. The van der Waals surface area contributed by atoms with Crippen molar-refractivity contribution in [2.24, 2.45) is 29.6 Å². The zero-order valence-electron chi connectivity index (χ0n) is 35.4. The van der Waals surface area contributed by atoms with E-state index in [4.69, 9.17) is 24.4 Å². The molecule has 7 rings (SSSR count). The highest BCUT2D eigenvalue weighted by molar-refractivity contribution is 5.74. The molecule has 9 nitrogen and oxygen atoms in total. The molecule has 0 aromatic heterocycles. The summed E-state index contributed by atoms with van der Waals surface area (Å²) in [5.74, 6) is 0.641. The molecule has 8 atom stereocenters. The minimum atomic E-state index is -0.833. The molecule has 5 aliphatic rings. The molecular formula is C48H73FO9. The van der Waals surface area contributed by atoms with Gasteiger partial charge in [-0.2, -0.15) is 0 Å². The smallest absolute Gasteiger partial charge is 0.311 e. The molecule has 0 radical (unpaired) electrons. The fourth-order valence-corrected chi connectivity index (χ4v) is 8.48. The quantitative estimate of drug-likeness (QED) is 0.102. The molecule has 3 fully saturated rings. The van der Waals surface area contributed by atoms with Crippen LogP contribution in [0.15, 0.2) is 48.5 Å². The maximum atomic E-state index is 12.8. The van der Waals surface area contributed by atoms with E-state index < -0.39 is 24.1 Å². The van der Waals surface area contributed by atoms with Crippen LogP contribution in [0.2, 0.25) is 0 Å². The number of esters is 2. The fraction of sp³-hybridized carbons (Fsp3) is 0.688. The summed E-state index contributed by atoms with van der Waals surface area (Å²) in [4.78, 5) is 35.5. The predicted molar refractivity (Wildman–Crippen MR) is 225 cm³/mol. The van der Waals surface area contributed by atoms with Crippen LogP contribution in [0.4, 0.5) is 4.53 Å². The number of aliphatic carboxylic acids is 1. The van der Waals surface area contributed by atoms with Gasteiger partial charge >= 0.3 is 17.9 Å². The second kappa shape index (κ2) is 24.0. The van der Waals surface area contributed by atoms with Gasteiger partial charge in [-0.25, -0.2) is 5.31 Å². The monoisotopic (exact) mass is 815 g/mol. The number of unbranched alkanes of at least 4 members (excludes halogenated alkanes) is 2. The third-order valence-corrected chi connectivity index (χ3v) is 12.9. The lowest BCUT2D eigenvalue weighted by Crippen LogP contribution is -2.34. The van der Waals surface area contributed by atoms with Crippen LogP contribution >= 0.6 is 0 Å². The molecule has 326 valence electrons. The number of rotatable bonds is 19. The van der Waals surface area contributed by atoms with Crippen LogP contribution in [-0.2, 0) is 36.7 Å². The lowest BCUT2D eigenvalue weighted by molar-refractivity contribution is -0.159. The van der Waals surface area contributed by atoms with Crippen LogP contribution in [0.5, 0.6) is 0 Å². The Labute approximate surface area is 347 Å². The molecule has 5 aliphatic carbocycles. The lowest BCUT2D eigenvalue weighted by atomic mass is 9.92. The average molecular weight is 815 g/mol. The number of fused-ring (bicyclic) bond motifs is 2. The van der Waals surface area contributed by atoms with Gasteiger partial charge in [-0.15, -0.1) is 0 Å². The van der Waals surface area contributed by atoms with Crippen molar-refractivity contribution in [1.29, 1.82) is 0 Å². The number of benzene rings is 2. The number of carboxylic acid groups (broad SMARTS) is 1. The van der Waals surface area contributed by atoms with Gasteiger partial charge in [-0.1, -0.05) is 145 Å². The summed E-state index contributed by atoms with van der Waals surface area (Å²) in [5.41, 5.74) is 5.26. The molecule has 10 heteroatoms. The van der Waals surface area contributed by atoms with E-state index in [1.165, 1.54) is 47.9 Å². The summed E-state index contributed by atoms with van der Waals surface area (Å²) >= 11 is 0. The van der Waals surface area contributed by atoms with Crippen LogP contribution in [0.25, 0.3) is 0 Å². The minimum absolute atomic E-state index is 0. The van der Waals surface area contributed by atoms with Crippen LogP contribution in [0.3, 0.4) is 0 Å². The third-order valence-electron chi connectivity index (χ3n) is 12.9. The molecule has 2 aromatic carbocycles. The molecule has 4 N–H and O–H groups in total. The van der Waals surface area contributed by atoms with E-state index in [0.717, 1.165) is 70.1 Å². The highest BCUT2D eigenvalue weighted by Crippen LogP contribution is 2.40. The van der Waals surface area contributed by atoms with Crippen molar-refractivity contribution < 1.29 is 50.4 Å². The highest BCUT2D eigenvalue weighted by atomic mass is 19.3. The Balaban J connectivity index is 0.000000238. The van der Waals surface area contributed by atoms with Crippen molar-refractivity contribution in [3.8, 4) is 0 Å². The Bertz CT molecular complexity index is 1560. The molecule has 0 heterocycles. The van der Waals surface area contributed by atoms with Gasteiger partial charge in [0.05, 0.1) is 24.0 Å². The zero-order chi connectivity index (χ0) is 42.2. The molecule has 0 amide bonds. The lowest BCUT2D eigenvalue weighted by Gasteiger charge is -2.25. The summed E-state index contributed by atoms with van der Waals surface area (Å²) in [6, 6.07) is 16.8. The number of carboxylic acids is 1. The molecule has 3 saturated carbocycles. The third kappa shape index (κ3) is 15.0. The van der Waals surface area contributed by atoms with Gasteiger partial charge in [0.2, 0.25) is 0 Å². The summed E-state index contributed by atoms with van der Waals surface area (Å²) < 4.78 is 20.0. The molecule has 0 saturated heterocycles. The standard InChI is InChI=1S/C21H30O3.C16H20O2.C11H20O3.FHO.H2/c1-3-4-9-19(22)18(12-15-10-11-15)21(23)24-20-13-16-7-5-6-8-17(16)14(20)2;1-11-14-5-3-2-4-13(14)10-15(11)18-16(17)9-8-12-6-7-12;1-2-3-4-10(12)9(11(13)14)7-8-5-6-8;1-2;/h5-8,14-15,18-20,22H,3-4,9-13H2,1-2H3;2-5,11-12,15H,6-10H2,1H3;8-10,12H,2-7H2,1H3,(H,13,14);2H;1H/t14-,18-,19-,20+;11-,15+;9-,10-;;/m111../s1/i;;;;1+2. The molecular weight excluding hydrogens is 740 g/mol. The largest absolute Gasteiger partial charge is 0.481 e. The minimum Gasteiger partial charge on any atom is -0.481 e. The SMILES string of the molecule is CCCC[C@@H](O)[C@@H](CC1CC1)C(=O)O.CCCC[C@@H](O)[C@@H](CC1CC1)C(=O)O[C@H]1Cc2ccccc2[C@H]1C.C[C@@H]1c2ccccc2C[C@@H]1OC(=O)CCC1CC1.OF.[3HH]. The molecule has 58 heavy (non-hydrogen) atoms. The van der Waals surface area contributed by atoms with Gasteiger partial charge < -0.3 is 24.8 Å². The molecule has 0 aliphatic heterocycles. The van der Waals surface area contributed by atoms with E-state index in [-0.39, 0.29) is 37.4 Å². The van der Waals surface area contributed by atoms with E-state index in [2.05, 4.69) is 57.2 Å². The molecule has 2 aromatic rings. The Morgan fingerprint density at radius 2 is 1.12 bits per heavy atom. The first-order valence-electron chi connectivity index (χ1n) is 22.3. The highest BCUT2D eigenvalue weighted by Gasteiger charge is 2.39. The maximum absolute atomic E-state index is 12.8. The summed E-state index contributed by atoms with van der Waals surface area (Å²) in [7, 11) is 0. The number of halogens is 1. The topological polar surface area (TPSA) is 151 Å². The first-order valence-corrected chi connectivity index (χ1v) is 22.3. The van der Waals surface area contributed by atoms with Gasteiger partial charge in [0, 0.05) is 32.5 Å². The fourth-order valence-electron chi connectivity index (χ4n) is 8.48. The number of ether oxygens (including phenoxy) is 2. The average Bonchev–Trinajstić information content (AvgIpc) is 4.12. The molecule has 0 bridgehead atoms. The normalized spacial score (nSPS) is 23.4. The van der Waals surface area contributed by atoms with Crippen LogP contribution in [-0.4, -0.2) is 63.0 Å². The Hall–Kier alpha value is -3.34. The van der Waals surface area contributed by atoms with Crippen molar-refractivity contribution in [2.75, 3.05) is 0 Å². The van der Waals surface area contributed by atoms with E-state index in [0.29, 0.717) is 43.4 Å². The van der Waals surface area contributed by atoms with Crippen molar-refractivity contribution in [2.45, 2.75) is 180 Å². The maximum Gasteiger partial charge on any atom is 0.311 e. The van der Waals surface area contributed by atoms with Gasteiger partial charge in [0.1, 0.15) is 12.2 Å². The number of carbonyl (C=O) groups excluding carboxylic acids is 2. The number of hydrogen-bond donors (Lipinski definition) is 4.